The van der Waals surface area contributed by atoms with E-state index in [4.69, 9.17) is 16.3 Å². The van der Waals surface area contributed by atoms with Gasteiger partial charge in [0.15, 0.2) is 0 Å². The van der Waals surface area contributed by atoms with E-state index in [9.17, 15) is 4.79 Å². The topological polar surface area (TPSA) is 42.4 Å². The third-order valence-electron chi connectivity index (χ3n) is 2.55. The van der Waals surface area contributed by atoms with Gasteiger partial charge in [-0.25, -0.2) is 4.98 Å². The summed E-state index contributed by atoms with van der Waals surface area (Å²) in [6, 6.07) is 3.48. The Morgan fingerprint density at radius 2 is 2.44 bits per heavy atom. The van der Waals surface area contributed by atoms with Crippen LogP contribution in [-0.4, -0.2) is 35.5 Å². The van der Waals surface area contributed by atoms with Crippen LogP contribution in [0.1, 0.15) is 12.8 Å². The normalized spacial score (nSPS) is 20.6. The van der Waals surface area contributed by atoms with Crippen molar-refractivity contribution in [2.45, 2.75) is 18.9 Å². The predicted molar refractivity (Wildman–Crippen MR) is 60.5 cm³/mol. The molecule has 0 aliphatic carbocycles. The molecule has 1 atom stereocenters. The van der Waals surface area contributed by atoms with Crippen LogP contribution in [0.25, 0.3) is 0 Å². The second-order valence-electron chi connectivity index (χ2n) is 3.80. The number of piperidine rings is 1. The Balaban J connectivity index is 1.93. The van der Waals surface area contributed by atoms with Crippen molar-refractivity contribution in [3.05, 3.63) is 23.4 Å². The molecule has 5 heteroatoms. The van der Waals surface area contributed by atoms with Crippen LogP contribution in [0, 0.1) is 0 Å². The molecule has 86 valence electrons. The maximum absolute atomic E-state index is 10.6. The minimum absolute atomic E-state index is 0.0348. The van der Waals surface area contributed by atoms with Crippen molar-refractivity contribution in [2.75, 3.05) is 13.1 Å². The first-order valence-corrected chi connectivity index (χ1v) is 5.63. The fourth-order valence-corrected chi connectivity index (χ4v) is 1.87. The fraction of sp³-hybridized carbons (Fsp3) is 0.455. The summed E-state index contributed by atoms with van der Waals surface area (Å²) < 4.78 is 5.67. The molecule has 0 aromatic carbocycles. The summed E-state index contributed by atoms with van der Waals surface area (Å²) in [7, 11) is 0. The molecule has 0 N–H and O–H groups in total. The Kier molecular flexibility index (Phi) is 3.62. The molecule has 1 fully saturated rings. The smallest absolute Gasteiger partial charge is 0.213 e. The van der Waals surface area contributed by atoms with Gasteiger partial charge in [0.05, 0.1) is 11.6 Å². The van der Waals surface area contributed by atoms with Crippen LogP contribution in [-0.2, 0) is 4.79 Å². The highest BCUT2D eigenvalue weighted by atomic mass is 35.5. The number of hydrogen-bond acceptors (Lipinski definition) is 3. The third kappa shape index (κ3) is 2.85. The molecular formula is C11H13ClN2O2. The molecule has 2 rings (SSSR count). The Hall–Kier alpha value is -1.29. The quantitative estimate of drug-likeness (QED) is 0.756. The number of carbonyl (C=O) groups excluding carboxylic acids is 1. The van der Waals surface area contributed by atoms with Crippen LogP contribution in [0.5, 0.6) is 5.88 Å². The van der Waals surface area contributed by atoms with Gasteiger partial charge in [0.25, 0.3) is 0 Å². The van der Waals surface area contributed by atoms with E-state index < -0.39 is 0 Å². The number of carbonyl (C=O) groups is 1. The van der Waals surface area contributed by atoms with Gasteiger partial charge >= 0.3 is 0 Å². The first kappa shape index (κ1) is 11.2. The maximum atomic E-state index is 10.6. The van der Waals surface area contributed by atoms with Crippen molar-refractivity contribution in [3.63, 3.8) is 0 Å². The summed E-state index contributed by atoms with van der Waals surface area (Å²) in [5, 5.41) is 0.588. The second-order valence-corrected chi connectivity index (χ2v) is 4.23. The van der Waals surface area contributed by atoms with Crippen LogP contribution in [0.4, 0.5) is 0 Å². The van der Waals surface area contributed by atoms with Crippen LogP contribution in [0.3, 0.4) is 0 Å². The zero-order chi connectivity index (χ0) is 11.4. The molecule has 1 aliphatic heterocycles. The number of nitrogens with zero attached hydrogens (tertiary/aromatic N) is 2. The Morgan fingerprint density at radius 1 is 1.56 bits per heavy atom. The number of rotatable bonds is 3. The van der Waals surface area contributed by atoms with E-state index in [1.165, 1.54) is 0 Å². The number of ether oxygens (including phenoxy) is 1. The van der Waals surface area contributed by atoms with E-state index in [1.54, 1.807) is 23.2 Å². The molecule has 1 unspecified atom stereocenters. The minimum atomic E-state index is 0.0348. The summed E-state index contributed by atoms with van der Waals surface area (Å²) in [6.45, 7) is 1.45. The van der Waals surface area contributed by atoms with E-state index in [-0.39, 0.29) is 6.10 Å². The Bertz CT molecular complexity index is 356. The molecule has 1 amide bonds. The highest BCUT2D eigenvalue weighted by molar-refractivity contribution is 6.30. The summed E-state index contributed by atoms with van der Waals surface area (Å²) in [5.74, 6) is 0.558. The first-order chi connectivity index (χ1) is 7.78. The monoisotopic (exact) mass is 240 g/mol. The van der Waals surface area contributed by atoms with Crippen LogP contribution in [0.15, 0.2) is 18.3 Å². The van der Waals surface area contributed by atoms with Crippen molar-refractivity contribution in [1.82, 2.24) is 9.88 Å². The molecule has 0 spiro atoms. The standard InChI is InChI=1S/C11H13ClN2O2/c12-9-3-4-11(13-6-9)16-10-2-1-5-14(7-10)8-15/h3-4,6,8,10H,1-2,5,7H2. The van der Waals surface area contributed by atoms with Gasteiger partial charge in [-0.3, -0.25) is 4.79 Å². The van der Waals surface area contributed by atoms with Crippen molar-refractivity contribution in [1.29, 1.82) is 0 Å². The lowest BCUT2D eigenvalue weighted by molar-refractivity contribution is -0.120. The fourth-order valence-electron chi connectivity index (χ4n) is 1.76. The zero-order valence-corrected chi connectivity index (χ0v) is 9.56. The van der Waals surface area contributed by atoms with Gasteiger partial charge in [-0.2, -0.15) is 0 Å². The van der Waals surface area contributed by atoms with E-state index in [1.807, 2.05) is 0 Å². The van der Waals surface area contributed by atoms with Crippen molar-refractivity contribution >= 4 is 18.0 Å². The molecule has 1 aliphatic rings. The zero-order valence-electron chi connectivity index (χ0n) is 8.80. The van der Waals surface area contributed by atoms with Crippen LogP contribution >= 0.6 is 11.6 Å². The maximum Gasteiger partial charge on any atom is 0.213 e. The number of hydrogen-bond donors (Lipinski definition) is 0. The van der Waals surface area contributed by atoms with Crippen molar-refractivity contribution in [2.24, 2.45) is 0 Å². The highest BCUT2D eigenvalue weighted by Gasteiger charge is 2.20. The number of likely N-dealkylation sites (tertiary alicyclic amines) is 1. The average molecular weight is 241 g/mol. The van der Waals surface area contributed by atoms with Gasteiger partial charge in [-0.05, 0) is 18.9 Å². The lowest BCUT2D eigenvalue weighted by atomic mass is 10.1. The van der Waals surface area contributed by atoms with Crippen LogP contribution < -0.4 is 4.74 Å². The predicted octanol–water partition coefficient (Wildman–Crippen LogP) is 1.73. The van der Waals surface area contributed by atoms with Gasteiger partial charge in [0.1, 0.15) is 6.10 Å². The molecule has 1 saturated heterocycles. The van der Waals surface area contributed by atoms with E-state index >= 15 is 0 Å². The van der Waals surface area contributed by atoms with Crippen molar-refractivity contribution < 1.29 is 9.53 Å². The number of amides is 1. The molecule has 0 saturated carbocycles. The van der Waals surface area contributed by atoms with Gasteiger partial charge in [-0.15, -0.1) is 0 Å². The summed E-state index contributed by atoms with van der Waals surface area (Å²) >= 11 is 5.73. The number of aromatic nitrogens is 1. The average Bonchev–Trinajstić information content (AvgIpc) is 2.32. The number of halogens is 1. The van der Waals surface area contributed by atoms with Crippen LogP contribution in [0.2, 0.25) is 5.02 Å². The van der Waals surface area contributed by atoms with Gasteiger partial charge in [-0.1, -0.05) is 11.6 Å². The summed E-state index contributed by atoms with van der Waals surface area (Å²) in [4.78, 5) is 16.4. The molecule has 0 radical (unpaired) electrons. The molecule has 4 nitrogen and oxygen atoms in total. The first-order valence-electron chi connectivity index (χ1n) is 5.25. The summed E-state index contributed by atoms with van der Waals surface area (Å²) in [5.41, 5.74) is 0. The third-order valence-corrected chi connectivity index (χ3v) is 2.77. The summed E-state index contributed by atoms with van der Waals surface area (Å²) in [6.07, 6.45) is 4.38. The van der Waals surface area contributed by atoms with Crippen molar-refractivity contribution in [3.8, 4) is 5.88 Å². The van der Waals surface area contributed by atoms with Gasteiger partial charge in [0.2, 0.25) is 12.3 Å². The molecule has 1 aromatic rings. The van der Waals surface area contributed by atoms with Gasteiger partial charge < -0.3 is 9.64 Å². The molecule has 2 heterocycles. The number of pyridine rings is 1. The Labute approximate surface area is 99.2 Å². The molecule has 16 heavy (non-hydrogen) atoms. The van der Waals surface area contributed by atoms with Gasteiger partial charge in [0, 0.05) is 18.8 Å². The molecule has 0 bridgehead atoms. The van der Waals surface area contributed by atoms with E-state index in [0.29, 0.717) is 17.4 Å². The lowest BCUT2D eigenvalue weighted by Gasteiger charge is -2.29. The highest BCUT2D eigenvalue weighted by Crippen LogP contribution is 2.17. The van der Waals surface area contributed by atoms with E-state index in [2.05, 4.69) is 4.98 Å². The lowest BCUT2D eigenvalue weighted by Crippen LogP contribution is -2.40. The van der Waals surface area contributed by atoms with E-state index in [0.717, 1.165) is 25.8 Å². The second kappa shape index (κ2) is 5.16. The molecular weight excluding hydrogens is 228 g/mol. The molecule has 1 aromatic heterocycles. The Morgan fingerprint density at radius 3 is 3.12 bits per heavy atom. The minimum Gasteiger partial charge on any atom is -0.472 e. The SMILES string of the molecule is O=CN1CCCC(Oc2ccc(Cl)cn2)C1. The largest absolute Gasteiger partial charge is 0.472 e.